The average Bonchev–Trinajstić information content (AvgIpc) is 2.88. The van der Waals surface area contributed by atoms with E-state index in [9.17, 15) is 13.2 Å². The van der Waals surface area contributed by atoms with Crippen molar-refractivity contribution in [1.29, 1.82) is 0 Å². The maximum Gasteiger partial charge on any atom is 0.235 e. The zero-order valence-corrected chi connectivity index (χ0v) is 12.4. The van der Waals surface area contributed by atoms with Crippen LogP contribution in [-0.4, -0.2) is 32.1 Å². The Morgan fingerprint density at radius 1 is 1.14 bits per heavy atom. The molecule has 1 saturated heterocycles. The van der Waals surface area contributed by atoms with Gasteiger partial charge in [-0.2, -0.15) is 4.99 Å². The third-order valence-electron chi connectivity index (χ3n) is 4.26. The van der Waals surface area contributed by atoms with Crippen LogP contribution in [0.3, 0.4) is 0 Å². The molecule has 2 fully saturated rings. The summed E-state index contributed by atoms with van der Waals surface area (Å²) < 4.78 is 27.8. The summed E-state index contributed by atoms with van der Waals surface area (Å²) in [7, 11) is -2.87. The number of aliphatic imine (C=N–C) groups is 1. The van der Waals surface area contributed by atoms with Gasteiger partial charge in [0.1, 0.15) is 11.9 Å². The number of isocyanates is 1. The van der Waals surface area contributed by atoms with Crippen LogP contribution in [0.25, 0.3) is 0 Å². The van der Waals surface area contributed by atoms with Crippen molar-refractivity contribution >= 4 is 15.9 Å². The van der Waals surface area contributed by atoms with Crippen LogP contribution in [0.2, 0.25) is 0 Å². The molecular weight excluding hydrogens is 290 g/mol. The highest BCUT2D eigenvalue weighted by Gasteiger charge is 2.37. The van der Waals surface area contributed by atoms with E-state index in [4.69, 9.17) is 4.74 Å². The van der Waals surface area contributed by atoms with E-state index in [-0.39, 0.29) is 17.6 Å². The molecule has 6 heteroatoms. The van der Waals surface area contributed by atoms with Crippen molar-refractivity contribution < 1.29 is 17.9 Å². The summed E-state index contributed by atoms with van der Waals surface area (Å²) in [5, 5.41) is 0. The minimum atomic E-state index is -2.87. The molecule has 2 aliphatic rings. The predicted molar refractivity (Wildman–Crippen MR) is 77.8 cm³/mol. The molecule has 1 aromatic carbocycles. The molecule has 0 atom stereocenters. The smallest absolute Gasteiger partial charge is 0.235 e. The van der Waals surface area contributed by atoms with Crippen LogP contribution in [0.1, 0.15) is 31.2 Å². The van der Waals surface area contributed by atoms with E-state index in [0.29, 0.717) is 5.75 Å². The van der Waals surface area contributed by atoms with Gasteiger partial charge in [-0.1, -0.05) is 25.0 Å². The lowest BCUT2D eigenvalue weighted by molar-refractivity contribution is 0.230. The first kappa shape index (κ1) is 14.3. The second-order valence-electron chi connectivity index (χ2n) is 5.78. The first-order valence-corrected chi connectivity index (χ1v) is 8.92. The summed E-state index contributed by atoms with van der Waals surface area (Å²) in [5.74, 6) is 0.837. The Morgan fingerprint density at radius 3 is 2.29 bits per heavy atom. The minimum absolute atomic E-state index is 0.0914. The van der Waals surface area contributed by atoms with E-state index in [1.165, 1.54) is 0 Å². The third-order valence-corrected chi connectivity index (χ3v) is 6.02. The summed E-state index contributed by atoms with van der Waals surface area (Å²) in [4.78, 5) is 14.7. The molecule has 0 radical (unpaired) electrons. The van der Waals surface area contributed by atoms with Gasteiger partial charge < -0.3 is 4.74 Å². The van der Waals surface area contributed by atoms with Gasteiger partial charge in [0.25, 0.3) is 0 Å². The largest absolute Gasteiger partial charge is 0.488 e. The molecule has 0 amide bonds. The lowest BCUT2D eigenvalue weighted by Gasteiger charge is -2.27. The Hall–Kier alpha value is -1.65. The van der Waals surface area contributed by atoms with Crippen molar-refractivity contribution in [1.82, 2.24) is 0 Å². The van der Waals surface area contributed by atoms with Crippen molar-refractivity contribution in [3.8, 4) is 5.75 Å². The number of benzene rings is 1. The van der Waals surface area contributed by atoms with Gasteiger partial charge in [0.15, 0.2) is 9.84 Å². The topological polar surface area (TPSA) is 72.8 Å². The fourth-order valence-corrected chi connectivity index (χ4v) is 4.31. The summed E-state index contributed by atoms with van der Waals surface area (Å²) in [5.41, 5.74) is 0.567. The zero-order valence-electron chi connectivity index (χ0n) is 11.6. The monoisotopic (exact) mass is 307 g/mol. The highest BCUT2D eigenvalue weighted by Crippen LogP contribution is 2.42. The zero-order chi connectivity index (χ0) is 14.9. The predicted octanol–water partition coefficient (Wildman–Crippen LogP) is 1.97. The maximum atomic E-state index is 11.1. The van der Waals surface area contributed by atoms with Gasteiger partial charge in [-0.3, -0.25) is 0 Å². The van der Waals surface area contributed by atoms with E-state index in [0.717, 1.165) is 31.2 Å². The lowest BCUT2D eigenvalue weighted by Crippen LogP contribution is -2.45. The molecule has 0 N–H and O–H groups in total. The van der Waals surface area contributed by atoms with Crippen LogP contribution in [-0.2, 0) is 20.2 Å². The van der Waals surface area contributed by atoms with Crippen molar-refractivity contribution in [3.63, 3.8) is 0 Å². The number of nitrogens with zero attached hydrogens (tertiary/aromatic N) is 1. The average molecular weight is 307 g/mol. The number of ether oxygens (including phenoxy) is 1. The number of hydrogen-bond donors (Lipinski definition) is 0. The minimum Gasteiger partial charge on any atom is -0.488 e. The molecule has 3 rings (SSSR count). The van der Waals surface area contributed by atoms with Gasteiger partial charge in [-0.15, -0.1) is 0 Å². The Kier molecular flexibility index (Phi) is 3.59. The fraction of sp³-hybridized carbons (Fsp3) is 0.533. The molecule has 0 aromatic heterocycles. The second-order valence-corrected chi connectivity index (χ2v) is 7.94. The first-order chi connectivity index (χ1) is 10.0. The number of hydrogen-bond acceptors (Lipinski definition) is 5. The van der Waals surface area contributed by atoms with Gasteiger partial charge in [-0.25, -0.2) is 13.2 Å². The first-order valence-electron chi connectivity index (χ1n) is 7.10. The van der Waals surface area contributed by atoms with Gasteiger partial charge in [0, 0.05) is 0 Å². The van der Waals surface area contributed by atoms with E-state index in [1.807, 2.05) is 24.3 Å². The quantitative estimate of drug-likeness (QED) is 0.629. The molecule has 1 heterocycles. The van der Waals surface area contributed by atoms with Gasteiger partial charge >= 0.3 is 0 Å². The lowest BCUT2D eigenvalue weighted by atomic mass is 9.89. The number of carbonyl (C=O) groups excluding carboxylic acids is 1. The molecular formula is C15H17NO4S. The van der Waals surface area contributed by atoms with E-state index < -0.39 is 15.4 Å². The fourth-order valence-electron chi connectivity index (χ4n) is 3.13. The van der Waals surface area contributed by atoms with E-state index in [2.05, 4.69) is 4.99 Å². The van der Waals surface area contributed by atoms with Crippen LogP contribution in [0.5, 0.6) is 5.75 Å². The molecule has 1 aromatic rings. The van der Waals surface area contributed by atoms with Gasteiger partial charge in [-0.05, 0) is 30.5 Å². The molecule has 1 aliphatic carbocycles. The van der Waals surface area contributed by atoms with E-state index >= 15 is 0 Å². The summed E-state index contributed by atoms with van der Waals surface area (Å²) in [6.07, 6.45) is 5.31. The van der Waals surface area contributed by atoms with Crippen molar-refractivity contribution in [2.75, 3.05) is 11.5 Å². The Balaban J connectivity index is 1.73. The van der Waals surface area contributed by atoms with Crippen LogP contribution in [0.15, 0.2) is 29.3 Å². The number of sulfone groups is 1. The van der Waals surface area contributed by atoms with Gasteiger partial charge in [0.2, 0.25) is 6.08 Å². The van der Waals surface area contributed by atoms with Crippen molar-refractivity contribution in [3.05, 3.63) is 29.8 Å². The SMILES string of the molecule is O=C=NC1(c2ccc(OC3CS(=O)(=O)C3)cc2)CCCC1. The van der Waals surface area contributed by atoms with Crippen molar-refractivity contribution in [2.24, 2.45) is 4.99 Å². The van der Waals surface area contributed by atoms with Crippen LogP contribution >= 0.6 is 0 Å². The Labute approximate surface area is 124 Å². The molecule has 0 bridgehead atoms. The highest BCUT2D eigenvalue weighted by atomic mass is 32.2. The summed E-state index contributed by atoms with van der Waals surface area (Å²) in [6, 6.07) is 7.46. The Bertz CT molecular complexity index is 656. The third kappa shape index (κ3) is 2.87. The standard InChI is InChI=1S/C15H17NO4S/c17-11-16-15(7-1-2-8-15)12-3-5-13(6-4-12)20-14-9-21(18,19)10-14/h3-6,14H,1-2,7-10H2. The van der Waals surface area contributed by atoms with Crippen LogP contribution < -0.4 is 4.74 Å². The second kappa shape index (κ2) is 5.28. The summed E-state index contributed by atoms with van der Waals surface area (Å²) >= 11 is 0. The van der Waals surface area contributed by atoms with Crippen LogP contribution in [0, 0.1) is 0 Å². The highest BCUT2D eigenvalue weighted by molar-refractivity contribution is 7.92. The summed E-state index contributed by atoms with van der Waals surface area (Å²) in [6.45, 7) is 0. The van der Waals surface area contributed by atoms with Gasteiger partial charge in [0.05, 0.1) is 17.0 Å². The molecule has 112 valence electrons. The molecule has 1 saturated carbocycles. The molecule has 5 nitrogen and oxygen atoms in total. The molecule has 21 heavy (non-hydrogen) atoms. The van der Waals surface area contributed by atoms with Crippen molar-refractivity contribution in [2.45, 2.75) is 37.3 Å². The van der Waals surface area contributed by atoms with Crippen LogP contribution in [0.4, 0.5) is 0 Å². The molecule has 0 spiro atoms. The number of rotatable bonds is 4. The molecule has 1 aliphatic heterocycles. The molecule has 0 unspecified atom stereocenters. The maximum absolute atomic E-state index is 11.1. The normalized spacial score (nSPS) is 23.0. The van der Waals surface area contributed by atoms with E-state index in [1.54, 1.807) is 6.08 Å². The Morgan fingerprint density at radius 2 is 1.76 bits per heavy atom.